The maximum absolute atomic E-state index is 13.1. The average Bonchev–Trinajstić information content (AvgIpc) is 2.80. The molecule has 0 saturated heterocycles. The molecule has 35 heavy (non-hydrogen) atoms. The van der Waals surface area contributed by atoms with Crippen molar-refractivity contribution in [1.82, 2.24) is 14.5 Å². The molecule has 3 aromatic carbocycles. The molecule has 2 amide bonds. The topological polar surface area (TPSA) is 86.8 Å². The standard InChI is InChI=1S/C24H22F3N3O4S/c1-29(2)12-13-30-22(31)18-5-3-4-17-20(11-10-19(21(17)18)23(30)32)35(33,34)28-14-15-6-8-16(9-7-15)24(25,26)27/h3-11,28H,12-14H2,1-2H3. The number of alkyl halides is 3. The van der Waals surface area contributed by atoms with E-state index in [9.17, 15) is 31.2 Å². The van der Waals surface area contributed by atoms with Crippen LogP contribution in [0, 0.1) is 0 Å². The number of carbonyl (C=O) groups is 2. The Bertz CT molecular complexity index is 1400. The van der Waals surface area contributed by atoms with Gasteiger partial charge in [0.15, 0.2) is 0 Å². The summed E-state index contributed by atoms with van der Waals surface area (Å²) in [7, 11) is -0.483. The van der Waals surface area contributed by atoms with Crippen molar-refractivity contribution in [2.75, 3.05) is 27.2 Å². The molecule has 7 nitrogen and oxygen atoms in total. The monoisotopic (exact) mass is 505 g/mol. The van der Waals surface area contributed by atoms with Gasteiger partial charge < -0.3 is 4.90 Å². The lowest BCUT2D eigenvalue weighted by molar-refractivity contribution is -0.137. The van der Waals surface area contributed by atoms with Crippen LogP contribution in [0.2, 0.25) is 0 Å². The molecule has 3 aromatic rings. The minimum Gasteiger partial charge on any atom is -0.308 e. The Kier molecular flexibility index (Phi) is 6.43. The molecule has 0 atom stereocenters. The van der Waals surface area contributed by atoms with Crippen molar-refractivity contribution in [2.45, 2.75) is 17.6 Å². The Morgan fingerprint density at radius 1 is 0.914 bits per heavy atom. The van der Waals surface area contributed by atoms with E-state index >= 15 is 0 Å². The highest BCUT2D eigenvalue weighted by atomic mass is 32.2. The van der Waals surface area contributed by atoms with Crippen molar-refractivity contribution in [3.05, 3.63) is 76.9 Å². The number of hydrogen-bond donors (Lipinski definition) is 1. The number of rotatable bonds is 7. The zero-order valence-electron chi connectivity index (χ0n) is 18.9. The van der Waals surface area contributed by atoms with Crippen LogP contribution in [0.15, 0.2) is 59.5 Å². The van der Waals surface area contributed by atoms with E-state index in [1.807, 2.05) is 19.0 Å². The van der Waals surface area contributed by atoms with E-state index in [1.165, 1.54) is 30.3 Å². The van der Waals surface area contributed by atoms with Gasteiger partial charge >= 0.3 is 6.18 Å². The van der Waals surface area contributed by atoms with Gasteiger partial charge in [0, 0.05) is 41.5 Å². The van der Waals surface area contributed by atoms with Crippen LogP contribution in [-0.2, 0) is 22.7 Å². The summed E-state index contributed by atoms with van der Waals surface area (Å²) in [5, 5.41) is 0.481. The molecule has 11 heteroatoms. The Morgan fingerprint density at radius 2 is 1.54 bits per heavy atom. The highest BCUT2D eigenvalue weighted by Gasteiger charge is 2.34. The average molecular weight is 506 g/mol. The number of nitrogens with one attached hydrogen (secondary N) is 1. The molecule has 0 aliphatic carbocycles. The maximum atomic E-state index is 13.1. The second kappa shape index (κ2) is 9.06. The lowest BCUT2D eigenvalue weighted by atomic mass is 9.94. The number of hydrogen-bond acceptors (Lipinski definition) is 5. The summed E-state index contributed by atoms with van der Waals surface area (Å²) in [5.74, 6) is -0.996. The molecule has 0 saturated carbocycles. The predicted octanol–water partition coefficient (Wildman–Crippen LogP) is 3.49. The Balaban J connectivity index is 1.66. The van der Waals surface area contributed by atoms with Crippen LogP contribution in [0.4, 0.5) is 13.2 Å². The molecular weight excluding hydrogens is 483 g/mol. The molecule has 0 bridgehead atoms. The van der Waals surface area contributed by atoms with Crippen LogP contribution in [0.3, 0.4) is 0 Å². The first-order valence-corrected chi connectivity index (χ1v) is 12.1. The smallest absolute Gasteiger partial charge is 0.308 e. The van der Waals surface area contributed by atoms with Gasteiger partial charge in [0.2, 0.25) is 10.0 Å². The summed E-state index contributed by atoms with van der Waals surface area (Å²) in [6.07, 6.45) is -4.49. The first kappa shape index (κ1) is 24.8. The molecule has 0 spiro atoms. The molecule has 0 aromatic heterocycles. The molecule has 1 N–H and O–H groups in total. The number of benzene rings is 3. The second-order valence-electron chi connectivity index (χ2n) is 8.42. The number of halogens is 3. The van der Waals surface area contributed by atoms with E-state index in [0.29, 0.717) is 12.1 Å². The quantitative estimate of drug-likeness (QED) is 0.497. The van der Waals surface area contributed by atoms with Crippen LogP contribution in [0.5, 0.6) is 0 Å². The second-order valence-corrected chi connectivity index (χ2v) is 10.2. The molecule has 1 aliphatic heterocycles. The largest absolute Gasteiger partial charge is 0.416 e. The number of carbonyl (C=O) groups excluding carboxylic acids is 2. The van der Waals surface area contributed by atoms with Crippen molar-refractivity contribution in [3.63, 3.8) is 0 Å². The zero-order chi connectivity index (χ0) is 25.5. The van der Waals surface area contributed by atoms with E-state index in [0.717, 1.165) is 17.0 Å². The van der Waals surface area contributed by atoms with Gasteiger partial charge in [0.05, 0.1) is 10.5 Å². The van der Waals surface area contributed by atoms with E-state index < -0.39 is 33.6 Å². The number of imide groups is 1. The highest BCUT2D eigenvalue weighted by Crippen LogP contribution is 2.34. The summed E-state index contributed by atoms with van der Waals surface area (Å²) in [6.45, 7) is 0.429. The fraction of sp³-hybridized carbons (Fsp3) is 0.250. The fourth-order valence-corrected chi connectivity index (χ4v) is 5.14. The van der Waals surface area contributed by atoms with Crippen molar-refractivity contribution in [2.24, 2.45) is 0 Å². The van der Waals surface area contributed by atoms with Gasteiger partial charge in [-0.15, -0.1) is 0 Å². The third kappa shape index (κ3) is 4.79. The number of sulfonamides is 1. The van der Waals surface area contributed by atoms with Gasteiger partial charge in [-0.1, -0.05) is 24.3 Å². The molecule has 1 aliphatic rings. The lowest BCUT2D eigenvalue weighted by Gasteiger charge is -2.28. The summed E-state index contributed by atoms with van der Waals surface area (Å²) >= 11 is 0. The fourth-order valence-electron chi connectivity index (χ4n) is 3.92. The zero-order valence-corrected chi connectivity index (χ0v) is 19.7. The Morgan fingerprint density at radius 3 is 2.14 bits per heavy atom. The minimum atomic E-state index is -4.49. The van der Waals surface area contributed by atoms with Crippen LogP contribution in [0.1, 0.15) is 31.8 Å². The normalized spacial score (nSPS) is 14.3. The third-order valence-corrected chi connectivity index (χ3v) is 7.22. The van der Waals surface area contributed by atoms with Gasteiger partial charge in [-0.2, -0.15) is 13.2 Å². The van der Waals surface area contributed by atoms with E-state index in [4.69, 9.17) is 0 Å². The Labute approximate surface area is 200 Å². The van der Waals surface area contributed by atoms with Crippen LogP contribution in [0.25, 0.3) is 10.8 Å². The first-order valence-electron chi connectivity index (χ1n) is 10.6. The van der Waals surface area contributed by atoms with Gasteiger partial charge in [0.25, 0.3) is 11.8 Å². The molecule has 0 fully saturated rings. The summed E-state index contributed by atoms with van der Waals surface area (Å²) in [6, 6.07) is 11.5. The predicted molar refractivity (Wildman–Crippen MR) is 123 cm³/mol. The Hall–Kier alpha value is -3.28. The van der Waals surface area contributed by atoms with Gasteiger partial charge in [-0.25, -0.2) is 13.1 Å². The van der Waals surface area contributed by atoms with Crippen molar-refractivity contribution >= 4 is 32.6 Å². The number of nitrogens with zero attached hydrogens (tertiary/aromatic N) is 2. The molecule has 1 heterocycles. The summed E-state index contributed by atoms with van der Waals surface area (Å²) in [4.78, 5) is 28.9. The minimum absolute atomic E-state index is 0.132. The van der Waals surface area contributed by atoms with Gasteiger partial charge in [-0.3, -0.25) is 14.5 Å². The molecule has 4 rings (SSSR count). The highest BCUT2D eigenvalue weighted by molar-refractivity contribution is 7.89. The maximum Gasteiger partial charge on any atom is 0.416 e. The molecule has 0 unspecified atom stereocenters. The first-order chi connectivity index (χ1) is 16.4. The van der Waals surface area contributed by atoms with Crippen LogP contribution >= 0.6 is 0 Å². The van der Waals surface area contributed by atoms with Crippen LogP contribution < -0.4 is 4.72 Å². The van der Waals surface area contributed by atoms with E-state index in [2.05, 4.69) is 4.72 Å². The van der Waals surface area contributed by atoms with Gasteiger partial charge in [-0.05, 0) is 50.0 Å². The number of likely N-dealkylation sites (N-methyl/N-ethyl adjacent to an activating group) is 1. The molecular formula is C24H22F3N3O4S. The summed E-state index contributed by atoms with van der Waals surface area (Å²) < 4.78 is 66.9. The van der Waals surface area contributed by atoms with Gasteiger partial charge in [0.1, 0.15) is 0 Å². The summed E-state index contributed by atoms with van der Waals surface area (Å²) in [5.41, 5.74) is -0.0286. The van der Waals surface area contributed by atoms with E-state index in [-0.39, 0.29) is 39.9 Å². The van der Waals surface area contributed by atoms with Crippen molar-refractivity contribution in [1.29, 1.82) is 0 Å². The lowest BCUT2D eigenvalue weighted by Crippen LogP contribution is -2.43. The van der Waals surface area contributed by atoms with Crippen molar-refractivity contribution in [3.8, 4) is 0 Å². The van der Waals surface area contributed by atoms with E-state index in [1.54, 1.807) is 12.1 Å². The number of amides is 2. The molecule has 184 valence electrons. The van der Waals surface area contributed by atoms with Crippen molar-refractivity contribution < 1.29 is 31.2 Å². The third-order valence-electron chi connectivity index (χ3n) is 5.76. The molecule has 0 radical (unpaired) electrons. The van der Waals surface area contributed by atoms with Crippen LogP contribution in [-0.4, -0.2) is 57.2 Å². The SMILES string of the molecule is CN(C)CCN1C(=O)c2cccc3c(S(=O)(=O)NCc4ccc(C(F)(F)F)cc4)ccc(c23)C1=O.